The summed E-state index contributed by atoms with van der Waals surface area (Å²) >= 11 is 0. The van der Waals surface area contributed by atoms with E-state index in [1.807, 2.05) is 0 Å². The first-order chi connectivity index (χ1) is 7.20. The van der Waals surface area contributed by atoms with Crippen molar-refractivity contribution in [1.29, 1.82) is 0 Å². The van der Waals surface area contributed by atoms with Gasteiger partial charge in [-0.05, 0) is 13.8 Å². The van der Waals surface area contributed by atoms with Crippen molar-refractivity contribution in [2.75, 3.05) is 13.2 Å². The zero-order chi connectivity index (χ0) is 13.2. The van der Waals surface area contributed by atoms with Crippen LogP contribution in [-0.2, 0) is 23.6 Å². The van der Waals surface area contributed by atoms with Gasteiger partial charge in [-0.25, -0.2) is 4.57 Å². The monoisotopic (exact) mass is 298 g/mol. The van der Waals surface area contributed by atoms with Crippen molar-refractivity contribution in [3.63, 3.8) is 0 Å². The largest absolute Gasteiger partial charge is 1.00 e. The van der Waals surface area contributed by atoms with E-state index in [2.05, 4.69) is 9.47 Å². The Balaban J connectivity index is -0.000000122. The summed E-state index contributed by atoms with van der Waals surface area (Å²) in [5, 5.41) is 0. The molecule has 0 amide bonds. The van der Waals surface area contributed by atoms with Crippen LogP contribution in [0.5, 0.6) is 0 Å². The zero-order valence-electron chi connectivity index (χ0n) is 11.0. The molecule has 0 radical (unpaired) electrons. The summed E-state index contributed by atoms with van der Waals surface area (Å²) in [5.41, 5.74) is 0. The molecule has 0 fully saturated rings. The van der Waals surface area contributed by atoms with E-state index in [0.717, 1.165) is 0 Å². The van der Waals surface area contributed by atoms with Crippen molar-refractivity contribution in [3.05, 3.63) is 0 Å². The van der Waals surface area contributed by atoms with Crippen LogP contribution in [0.4, 0.5) is 0 Å². The Morgan fingerprint density at radius 3 is 1.47 bits per heavy atom. The molecule has 0 aromatic carbocycles. The second-order valence-corrected chi connectivity index (χ2v) is 3.33. The maximum atomic E-state index is 10.6. The molecule has 17 heavy (non-hydrogen) atoms. The van der Waals surface area contributed by atoms with Crippen molar-refractivity contribution in [2.24, 2.45) is 0 Å². The molecule has 0 aromatic heterocycles. The molecule has 10 heteroatoms. The summed E-state index contributed by atoms with van der Waals surface area (Å²) in [6.45, 7) is 3.95. The Labute approximate surface area is 143 Å². The van der Waals surface area contributed by atoms with Gasteiger partial charge in [-0.3, -0.25) is 9.59 Å². The Morgan fingerprint density at radius 2 is 1.29 bits per heavy atom. The third-order valence-electron chi connectivity index (χ3n) is 0.899. The average molecular weight is 298 g/mol. The van der Waals surface area contributed by atoms with Crippen LogP contribution >= 0.6 is 7.82 Å². The van der Waals surface area contributed by atoms with Gasteiger partial charge < -0.3 is 25.6 Å². The van der Waals surface area contributed by atoms with Gasteiger partial charge in [0.2, 0.25) is 0 Å². The Kier molecular flexibility index (Phi) is 17.6. The number of carbonyl (C=O) groups excluding carboxylic acids is 2. The van der Waals surface area contributed by atoms with Crippen LogP contribution < -0.4 is 51.4 Å². The fraction of sp³-hybridized carbons (Fsp3) is 0.714. The minimum absolute atomic E-state index is 0. The van der Waals surface area contributed by atoms with Gasteiger partial charge in [-0.15, -0.1) is 0 Å². The van der Waals surface area contributed by atoms with Crippen LogP contribution in [-0.4, -0.2) is 39.8 Å². The molecule has 0 bridgehead atoms. The van der Waals surface area contributed by atoms with Crippen molar-refractivity contribution in [2.45, 2.75) is 20.3 Å². The third-order valence-corrected chi connectivity index (χ3v) is 0.899. The maximum absolute atomic E-state index is 10.6. The number of hydrogen-bond acceptors (Lipinski definition) is 5. The Hall–Kier alpha value is 0.686. The molecule has 0 heterocycles. The number of esters is 2. The molecule has 0 unspecified atom stereocenters. The average Bonchev–Trinajstić information content (AvgIpc) is 2.00. The molecule has 0 rings (SSSR count). The zero-order valence-corrected chi connectivity index (χ0v) is 14.0. The summed E-state index contributed by atoms with van der Waals surface area (Å²) in [6.07, 6.45) is -0.290. The van der Waals surface area contributed by atoms with Gasteiger partial charge >= 0.3 is 71.1 Å². The number of ether oxygens (including phenoxy) is 2. The molecule has 0 aliphatic rings. The molecule has 0 aromatic rings. The summed E-state index contributed by atoms with van der Waals surface area (Å²) in [7, 11) is -4.64. The predicted octanol–water partition coefficient (Wildman–Crippen LogP) is -3.31. The molecule has 0 atom stereocenters. The standard InChI is InChI=1S/C7H12O4.K.H3O4P.H/c1-3-10-6(8)5-7(9)11-4-2;;1-5(2,3)4;/h3-5H2,1-2H3;;(H3,1,2,3,4);/q;+1;;-1. The van der Waals surface area contributed by atoms with Gasteiger partial charge in [0, 0.05) is 0 Å². The van der Waals surface area contributed by atoms with E-state index < -0.39 is 19.8 Å². The Bertz CT molecular complexity index is 244. The molecule has 0 saturated carbocycles. The molecular formula is C7H16KO8P. The molecule has 3 N–H and O–H groups in total. The Morgan fingerprint density at radius 1 is 1.06 bits per heavy atom. The third kappa shape index (κ3) is 31.5. The van der Waals surface area contributed by atoms with E-state index >= 15 is 0 Å². The predicted molar refractivity (Wildman–Crippen MR) is 53.3 cm³/mol. The SMILES string of the molecule is CCOC(=O)CC(=O)OCC.O=P(O)(O)O.[H-].[K+]. The smallest absolute Gasteiger partial charge is 1.00 e. The van der Waals surface area contributed by atoms with Gasteiger partial charge in [0.25, 0.3) is 0 Å². The maximum Gasteiger partial charge on any atom is 1.00 e. The van der Waals surface area contributed by atoms with Gasteiger partial charge in [-0.2, -0.15) is 0 Å². The fourth-order valence-corrected chi connectivity index (χ4v) is 0.542. The van der Waals surface area contributed by atoms with Crippen LogP contribution in [0.2, 0.25) is 0 Å². The summed E-state index contributed by atoms with van der Waals surface area (Å²) in [5.74, 6) is -1.07. The first-order valence-electron chi connectivity index (χ1n) is 4.30. The van der Waals surface area contributed by atoms with Crippen molar-refractivity contribution in [3.8, 4) is 0 Å². The fourth-order valence-electron chi connectivity index (χ4n) is 0.542. The summed E-state index contributed by atoms with van der Waals surface area (Å²) in [6, 6.07) is 0. The molecule has 0 spiro atoms. The first-order valence-corrected chi connectivity index (χ1v) is 5.86. The molecule has 0 aliphatic carbocycles. The summed E-state index contributed by atoms with van der Waals surface area (Å²) in [4.78, 5) is 42.8. The molecule has 98 valence electrons. The topological polar surface area (TPSA) is 130 Å². The van der Waals surface area contributed by atoms with E-state index in [1.54, 1.807) is 13.8 Å². The molecule has 0 saturated heterocycles. The number of phosphoric acid groups is 1. The van der Waals surface area contributed by atoms with Crippen molar-refractivity contribution >= 4 is 19.8 Å². The van der Waals surface area contributed by atoms with Crippen LogP contribution in [0.15, 0.2) is 0 Å². The molecular weight excluding hydrogens is 282 g/mol. The van der Waals surface area contributed by atoms with Crippen LogP contribution in [0, 0.1) is 0 Å². The van der Waals surface area contributed by atoms with E-state index in [9.17, 15) is 9.59 Å². The van der Waals surface area contributed by atoms with Crippen LogP contribution in [0.1, 0.15) is 21.7 Å². The van der Waals surface area contributed by atoms with Gasteiger partial charge in [0.05, 0.1) is 13.2 Å². The van der Waals surface area contributed by atoms with Crippen molar-refractivity contribution in [1.82, 2.24) is 0 Å². The minimum atomic E-state index is -4.64. The summed E-state index contributed by atoms with van der Waals surface area (Å²) < 4.78 is 17.9. The minimum Gasteiger partial charge on any atom is -1.00 e. The number of hydrogen-bond donors (Lipinski definition) is 3. The van der Waals surface area contributed by atoms with E-state index in [1.165, 1.54) is 0 Å². The second-order valence-electron chi connectivity index (χ2n) is 2.30. The van der Waals surface area contributed by atoms with Gasteiger partial charge in [0.15, 0.2) is 0 Å². The number of rotatable bonds is 4. The van der Waals surface area contributed by atoms with E-state index in [0.29, 0.717) is 0 Å². The van der Waals surface area contributed by atoms with Gasteiger partial charge in [0.1, 0.15) is 6.42 Å². The normalized spacial score (nSPS) is 9.24. The second kappa shape index (κ2) is 13.1. The van der Waals surface area contributed by atoms with Crippen molar-refractivity contribution < 1.29 is 91.1 Å². The first kappa shape index (κ1) is 22.8. The molecule has 0 aliphatic heterocycles. The quantitative estimate of drug-likeness (QED) is 0.213. The molecule has 8 nitrogen and oxygen atoms in total. The van der Waals surface area contributed by atoms with Gasteiger partial charge in [-0.1, -0.05) is 0 Å². The number of carbonyl (C=O) groups is 2. The van der Waals surface area contributed by atoms with E-state index in [-0.39, 0.29) is 72.4 Å². The van der Waals surface area contributed by atoms with Crippen LogP contribution in [0.3, 0.4) is 0 Å². The van der Waals surface area contributed by atoms with E-state index in [4.69, 9.17) is 19.2 Å². The van der Waals surface area contributed by atoms with Crippen LogP contribution in [0.25, 0.3) is 0 Å².